The molecule has 2 N–H and O–H groups in total. The fourth-order valence-corrected chi connectivity index (χ4v) is 3.74. The zero-order chi connectivity index (χ0) is 46.7. The second-order valence-electron chi connectivity index (χ2n) is 9.74. The van der Waals surface area contributed by atoms with E-state index in [0.717, 1.165) is 0 Å². The average Bonchev–Trinajstić information content (AvgIpc) is 3.23. The van der Waals surface area contributed by atoms with Crippen molar-refractivity contribution in [1.82, 2.24) is 0 Å². The van der Waals surface area contributed by atoms with Gasteiger partial charge in [-0.3, -0.25) is 29.8 Å². The van der Waals surface area contributed by atoms with Gasteiger partial charge in [0.25, 0.3) is 12.1 Å². The number of nitrogens with one attached hydrogen (secondary N) is 2. The fraction of sp³-hybridized carbons (Fsp3) is 0.250. The van der Waals surface area contributed by atoms with Crippen LogP contribution in [-0.4, -0.2) is 81.5 Å². The molecule has 0 radical (unpaired) electrons. The van der Waals surface area contributed by atoms with Gasteiger partial charge in [-0.15, -0.1) is 10.5 Å². The van der Waals surface area contributed by atoms with Crippen molar-refractivity contribution in [2.75, 3.05) is 56.6 Å². The van der Waals surface area contributed by atoms with Crippen LogP contribution >= 0.6 is 0 Å². The summed E-state index contributed by atoms with van der Waals surface area (Å²) in [6.07, 6.45) is 6.07. The van der Waals surface area contributed by atoms with Gasteiger partial charge in [0.1, 0.15) is 23.0 Å². The number of hydrogen-bond acceptors (Lipinski definition) is 12. The molecular weight excluding hydrogens is 940 g/mol. The molecule has 0 aliphatic rings. The molecule has 336 valence electrons. The van der Waals surface area contributed by atoms with E-state index in [0.29, 0.717) is 45.3 Å². The Morgan fingerprint density at radius 2 is 0.594 bits per heavy atom. The van der Waals surface area contributed by atoms with Crippen molar-refractivity contribution in [3.8, 4) is 58.1 Å². The molecule has 0 aromatic heterocycles. The van der Waals surface area contributed by atoms with Gasteiger partial charge < -0.3 is 61.5 Å². The number of nitrogens with zero attached hydrogens (tertiary/aromatic N) is 10. The summed E-state index contributed by atoms with van der Waals surface area (Å²) in [6, 6.07) is 24.4. The SMILES string of the molecule is CC#[NH+].CC#[NH+].CN=Cc1cccc(OC)c1[O-].CN=Cc1cccc(OC)c1[O-].CN=Cc1cccc(OC)c1[O-].CN=Cc1cccc(OC)c1[O-].[N-]=[N+]=[N-].[N-]=[N+]=[N-].[Na+].[Na+].[Ni+2].[Ni+2]. The van der Waals surface area contributed by atoms with Gasteiger partial charge in [-0.1, -0.05) is 71.5 Å². The zero-order valence-electron chi connectivity index (χ0n) is 37.6. The summed E-state index contributed by atoms with van der Waals surface area (Å²) in [7, 11) is 12.4. The van der Waals surface area contributed by atoms with E-state index < -0.39 is 0 Å². The van der Waals surface area contributed by atoms with Gasteiger partial charge in [0, 0.05) is 53.0 Å². The van der Waals surface area contributed by atoms with E-state index >= 15 is 0 Å². The minimum absolute atomic E-state index is 0. The van der Waals surface area contributed by atoms with Crippen LogP contribution in [0.1, 0.15) is 36.1 Å². The summed E-state index contributed by atoms with van der Waals surface area (Å²) in [4.78, 5) is 18.0. The first kappa shape index (κ1) is 75.9. The normalized spacial score (nSPS) is 8.38. The topological polar surface area (TPSA) is 344 Å². The third kappa shape index (κ3) is 35.1. The van der Waals surface area contributed by atoms with Crippen molar-refractivity contribution in [1.29, 1.82) is 0 Å². The number of rotatable bonds is 8. The third-order valence-electron chi connectivity index (χ3n) is 5.99. The molecule has 4 aromatic carbocycles. The largest absolute Gasteiger partial charge is 2.00 e. The standard InChI is InChI=1S/4C9H11NO2.2C2H3N.2N3.2Na.2Ni/c4*1-10-6-7-4-3-5-8(12-2)9(7)11;2*1-2-3;2*1-3-2;;;;/h4*3-6,11H,1-2H3;2*1H3;;;;;;/q;;;;;;2*-1;2*+1;2*+2/p-2. The van der Waals surface area contributed by atoms with Crippen LogP contribution in [0.5, 0.6) is 46.0 Å². The van der Waals surface area contributed by atoms with E-state index in [1.165, 1.54) is 63.1 Å². The second-order valence-corrected chi connectivity index (χ2v) is 9.74. The Labute approximate surface area is 438 Å². The predicted molar refractivity (Wildman–Crippen MR) is 225 cm³/mol. The third-order valence-corrected chi connectivity index (χ3v) is 5.99. The second kappa shape index (κ2) is 53.7. The summed E-state index contributed by atoms with van der Waals surface area (Å²) in [5, 5.41) is 57.4. The van der Waals surface area contributed by atoms with Crippen molar-refractivity contribution >= 4 is 24.9 Å². The summed E-state index contributed by atoms with van der Waals surface area (Å²) in [5.41, 5.74) is 29.2. The summed E-state index contributed by atoms with van der Waals surface area (Å²) >= 11 is 0. The van der Waals surface area contributed by atoms with Crippen LogP contribution in [0.4, 0.5) is 0 Å². The Kier molecular flexibility index (Phi) is 63.7. The van der Waals surface area contributed by atoms with Gasteiger partial charge in [-0.05, 0) is 46.5 Å². The van der Waals surface area contributed by atoms with Gasteiger partial charge in [-0.25, -0.2) is 0 Å². The van der Waals surface area contributed by atoms with E-state index in [1.807, 2.05) is 12.1 Å². The molecule has 4 rings (SSSR count). The van der Waals surface area contributed by atoms with Crippen LogP contribution < -0.4 is 109 Å². The summed E-state index contributed by atoms with van der Waals surface area (Å²) in [6.45, 7) is 3.08. The molecule has 0 heterocycles. The Morgan fingerprint density at radius 3 is 0.703 bits per heavy atom. The van der Waals surface area contributed by atoms with E-state index in [2.05, 4.69) is 20.0 Å². The molecule has 0 unspecified atom stereocenters. The maximum Gasteiger partial charge on any atom is 2.00 e. The molecule has 0 atom stereocenters. The van der Waals surface area contributed by atoms with E-state index in [9.17, 15) is 20.4 Å². The minimum atomic E-state index is -0.120. The molecular formula is C40H48N12Na2Ni2O8+2. The van der Waals surface area contributed by atoms with Gasteiger partial charge in [0.15, 0.2) is 0 Å². The molecule has 0 saturated heterocycles. The van der Waals surface area contributed by atoms with Crippen molar-refractivity contribution in [2.24, 2.45) is 20.0 Å². The van der Waals surface area contributed by atoms with Crippen LogP contribution in [0.25, 0.3) is 31.9 Å². The smallest absolute Gasteiger partial charge is 0.870 e. The molecule has 0 saturated carbocycles. The Hall–Kier alpha value is -5.45. The fourth-order valence-electron chi connectivity index (χ4n) is 3.74. The molecule has 24 heteroatoms. The first-order valence-electron chi connectivity index (χ1n) is 16.5. The van der Waals surface area contributed by atoms with Crippen LogP contribution in [-0.2, 0) is 33.0 Å². The minimum Gasteiger partial charge on any atom is -0.870 e. The van der Waals surface area contributed by atoms with E-state index in [1.54, 1.807) is 115 Å². The molecule has 0 bridgehead atoms. The Morgan fingerprint density at radius 1 is 0.453 bits per heavy atom. The van der Waals surface area contributed by atoms with E-state index in [-0.39, 0.29) is 115 Å². The van der Waals surface area contributed by atoms with Gasteiger partial charge in [0.05, 0.1) is 42.3 Å². The van der Waals surface area contributed by atoms with Gasteiger partial charge >= 0.3 is 92.1 Å². The zero-order valence-corrected chi connectivity index (χ0v) is 43.6. The van der Waals surface area contributed by atoms with Gasteiger partial charge in [-0.2, -0.15) is 0 Å². The number of hydrogen-bond donors (Lipinski definition) is 2. The van der Waals surface area contributed by atoms with Gasteiger partial charge in [0.2, 0.25) is 0 Å². The number of ether oxygens (including phenoxy) is 4. The quantitative estimate of drug-likeness (QED) is 0.0587. The molecule has 0 aliphatic heterocycles. The first-order valence-corrected chi connectivity index (χ1v) is 16.5. The Bertz CT molecular complexity index is 1820. The van der Waals surface area contributed by atoms with Crippen molar-refractivity contribution < 1.29 is 142 Å². The number of methoxy groups -OCH3 is 4. The summed E-state index contributed by atoms with van der Waals surface area (Å²) < 4.78 is 19.4. The van der Waals surface area contributed by atoms with Crippen molar-refractivity contribution in [3.63, 3.8) is 0 Å². The molecule has 0 fully saturated rings. The van der Waals surface area contributed by atoms with Crippen LogP contribution in [0.3, 0.4) is 0 Å². The molecule has 4 aromatic rings. The molecule has 0 aliphatic carbocycles. The monoisotopic (exact) mass is 986 g/mol. The Balaban J connectivity index is -0.0000000984. The van der Waals surface area contributed by atoms with Crippen LogP contribution in [0, 0.1) is 12.1 Å². The number of para-hydroxylation sites is 4. The summed E-state index contributed by atoms with van der Waals surface area (Å²) in [5.74, 6) is 0.937. The molecule has 20 nitrogen and oxygen atoms in total. The molecule has 0 amide bonds. The number of aliphatic imine (C=N–C) groups is 4. The maximum absolute atomic E-state index is 11.4. The van der Waals surface area contributed by atoms with Crippen LogP contribution in [0.15, 0.2) is 92.8 Å². The van der Waals surface area contributed by atoms with E-state index in [4.69, 9.17) is 51.6 Å². The van der Waals surface area contributed by atoms with Crippen molar-refractivity contribution in [2.45, 2.75) is 13.8 Å². The van der Waals surface area contributed by atoms with Crippen molar-refractivity contribution in [3.05, 3.63) is 127 Å². The maximum atomic E-state index is 11.4. The molecule has 0 spiro atoms. The predicted octanol–water partition coefficient (Wildman–Crippen LogP) is -3.44. The first-order chi connectivity index (χ1) is 28.8. The number of benzene rings is 4. The average molecular weight is 988 g/mol. The molecule has 64 heavy (non-hydrogen) atoms. The van der Waals surface area contributed by atoms with Crippen LogP contribution in [0.2, 0.25) is 0 Å².